The first kappa shape index (κ1) is 12.6. The molecule has 0 unspecified atom stereocenters. The van der Waals surface area contributed by atoms with Gasteiger partial charge in [0.2, 0.25) is 0 Å². The number of nitrogens with one attached hydrogen (secondary N) is 1. The zero-order valence-electron chi connectivity index (χ0n) is 11.2. The molecule has 0 aromatic heterocycles. The fourth-order valence-corrected chi connectivity index (χ4v) is 2.60. The Balaban J connectivity index is 1.98. The van der Waals surface area contributed by atoms with Gasteiger partial charge in [-0.3, -0.25) is 0 Å². The average Bonchev–Trinajstić information content (AvgIpc) is 2.29. The molecule has 0 radical (unpaired) electrons. The molecule has 0 saturated carbocycles. The number of hydrogen-bond donors (Lipinski definition) is 1. The normalized spacial score (nSPS) is 17.4. The van der Waals surface area contributed by atoms with Crippen molar-refractivity contribution >= 4 is 0 Å². The quantitative estimate of drug-likeness (QED) is 0.866. The van der Waals surface area contributed by atoms with E-state index in [1.807, 2.05) is 0 Å². The van der Waals surface area contributed by atoms with Gasteiger partial charge in [-0.25, -0.2) is 0 Å². The highest BCUT2D eigenvalue weighted by Crippen LogP contribution is 2.19. The molecule has 1 heterocycles. The van der Waals surface area contributed by atoms with Gasteiger partial charge in [0.05, 0.1) is 12.7 Å². The van der Waals surface area contributed by atoms with Gasteiger partial charge in [-0.1, -0.05) is 17.7 Å². The SMILES string of the molecule is Cc1cc(C)c(COC2CCNCC2)c(C)c1. The van der Waals surface area contributed by atoms with Crippen molar-refractivity contribution in [2.24, 2.45) is 0 Å². The zero-order valence-corrected chi connectivity index (χ0v) is 11.2. The van der Waals surface area contributed by atoms with Crippen molar-refractivity contribution in [3.8, 4) is 0 Å². The lowest BCUT2D eigenvalue weighted by atomic mass is 10.0. The van der Waals surface area contributed by atoms with Gasteiger partial charge in [-0.15, -0.1) is 0 Å². The molecule has 2 nitrogen and oxygen atoms in total. The van der Waals surface area contributed by atoms with Crippen LogP contribution in [-0.4, -0.2) is 19.2 Å². The van der Waals surface area contributed by atoms with Crippen LogP contribution in [0.25, 0.3) is 0 Å². The molecule has 1 aromatic carbocycles. The van der Waals surface area contributed by atoms with Crippen LogP contribution in [0.4, 0.5) is 0 Å². The minimum atomic E-state index is 0.441. The van der Waals surface area contributed by atoms with Crippen LogP contribution in [0.1, 0.15) is 35.1 Å². The van der Waals surface area contributed by atoms with Crippen molar-refractivity contribution in [3.05, 3.63) is 34.4 Å². The second-order valence-electron chi connectivity index (χ2n) is 5.14. The van der Waals surface area contributed by atoms with Crippen molar-refractivity contribution in [3.63, 3.8) is 0 Å². The zero-order chi connectivity index (χ0) is 12.3. The van der Waals surface area contributed by atoms with Gasteiger partial charge in [0, 0.05) is 0 Å². The summed E-state index contributed by atoms with van der Waals surface area (Å²) >= 11 is 0. The van der Waals surface area contributed by atoms with Gasteiger partial charge in [0.15, 0.2) is 0 Å². The number of aryl methyl sites for hydroxylation is 3. The number of piperidine rings is 1. The Hall–Kier alpha value is -0.860. The summed E-state index contributed by atoms with van der Waals surface area (Å²) in [6.45, 7) is 9.47. The van der Waals surface area contributed by atoms with E-state index in [4.69, 9.17) is 4.74 Å². The summed E-state index contributed by atoms with van der Waals surface area (Å²) in [4.78, 5) is 0. The second kappa shape index (κ2) is 5.65. The summed E-state index contributed by atoms with van der Waals surface area (Å²) < 4.78 is 6.03. The molecule has 1 aliphatic rings. The third kappa shape index (κ3) is 3.30. The lowest BCUT2D eigenvalue weighted by Gasteiger charge is -2.24. The molecular weight excluding hydrogens is 210 g/mol. The lowest BCUT2D eigenvalue weighted by Crippen LogP contribution is -2.32. The summed E-state index contributed by atoms with van der Waals surface area (Å²) in [7, 11) is 0. The van der Waals surface area contributed by atoms with E-state index in [2.05, 4.69) is 38.2 Å². The molecule has 17 heavy (non-hydrogen) atoms. The molecule has 94 valence electrons. The van der Waals surface area contributed by atoms with Gasteiger partial charge in [-0.05, 0) is 63.4 Å². The van der Waals surface area contributed by atoms with Crippen molar-refractivity contribution in [2.45, 2.75) is 46.3 Å². The van der Waals surface area contributed by atoms with Crippen LogP contribution in [0.5, 0.6) is 0 Å². The van der Waals surface area contributed by atoms with Crippen LogP contribution in [0, 0.1) is 20.8 Å². The molecule has 1 saturated heterocycles. The topological polar surface area (TPSA) is 21.3 Å². The van der Waals surface area contributed by atoms with Gasteiger partial charge >= 0.3 is 0 Å². The summed E-state index contributed by atoms with van der Waals surface area (Å²) in [5.41, 5.74) is 5.42. The van der Waals surface area contributed by atoms with Gasteiger partial charge < -0.3 is 10.1 Å². The number of rotatable bonds is 3. The van der Waals surface area contributed by atoms with Gasteiger partial charge in [-0.2, -0.15) is 0 Å². The predicted molar refractivity (Wildman–Crippen MR) is 71.3 cm³/mol. The monoisotopic (exact) mass is 233 g/mol. The molecule has 0 aliphatic carbocycles. The van der Waals surface area contributed by atoms with E-state index in [1.54, 1.807) is 0 Å². The van der Waals surface area contributed by atoms with Crippen molar-refractivity contribution in [1.82, 2.24) is 5.32 Å². The van der Waals surface area contributed by atoms with E-state index in [9.17, 15) is 0 Å². The third-order valence-corrected chi connectivity index (χ3v) is 3.59. The van der Waals surface area contributed by atoms with Gasteiger partial charge in [0.1, 0.15) is 0 Å². The van der Waals surface area contributed by atoms with Crippen LogP contribution in [-0.2, 0) is 11.3 Å². The highest BCUT2D eigenvalue weighted by molar-refractivity contribution is 5.36. The van der Waals surface area contributed by atoms with Crippen molar-refractivity contribution < 1.29 is 4.74 Å². The van der Waals surface area contributed by atoms with E-state index in [-0.39, 0.29) is 0 Å². The fraction of sp³-hybridized carbons (Fsp3) is 0.600. The standard InChI is InChI=1S/C15H23NO/c1-11-8-12(2)15(13(3)9-11)10-17-14-4-6-16-7-5-14/h8-9,14,16H,4-7,10H2,1-3H3. The Morgan fingerprint density at radius 2 is 1.71 bits per heavy atom. The Morgan fingerprint density at radius 1 is 1.12 bits per heavy atom. The van der Waals surface area contributed by atoms with Crippen LogP contribution >= 0.6 is 0 Å². The van der Waals surface area contributed by atoms with Crippen LogP contribution in [0.15, 0.2) is 12.1 Å². The smallest absolute Gasteiger partial charge is 0.0725 e. The molecule has 1 aliphatic heterocycles. The molecule has 0 bridgehead atoms. The maximum Gasteiger partial charge on any atom is 0.0725 e. The minimum Gasteiger partial charge on any atom is -0.373 e. The molecule has 0 atom stereocenters. The number of benzene rings is 1. The van der Waals surface area contributed by atoms with Crippen LogP contribution < -0.4 is 5.32 Å². The first-order chi connectivity index (χ1) is 8.16. The van der Waals surface area contributed by atoms with E-state index < -0.39 is 0 Å². The summed E-state index contributed by atoms with van der Waals surface area (Å²) in [6, 6.07) is 4.49. The largest absolute Gasteiger partial charge is 0.373 e. The highest BCUT2D eigenvalue weighted by atomic mass is 16.5. The third-order valence-electron chi connectivity index (χ3n) is 3.59. The van der Waals surface area contributed by atoms with Crippen molar-refractivity contribution in [2.75, 3.05) is 13.1 Å². The molecular formula is C15H23NO. The van der Waals surface area contributed by atoms with E-state index in [0.717, 1.165) is 32.5 Å². The summed E-state index contributed by atoms with van der Waals surface area (Å²) in [5.74, 6) is 0. The van der Waals surface area contributed by atoms with E-state index in [1.165, 1.54) is 22.3 Å². The number of hydrogen-bond acceptors (Lipinski definition) is 2. The molecule has 1 aromatic rings. The van der Waals surface area contributed by atoms with E-state index in [0.29, 0.717) is 6.10 Å². The minimum absolute atomic E-state index is 0.441. The molecule has 0 spiro atoms. The summed E-state index contributed by atoms with van der Waals surface area (Å²) in [5, 5.41) is 3.36. The highest BCUT2D eigenvalue weighted by Gasteiger charge is 2.14. The Labute approximate surface area is 104 Å². The number of ether oxygens (including phenoxy) is 1. The Morgan fingerprint density at radius 3 is 2.29 bits per heavy atom. The second-order valence-corrected chi connectivity index (χ2v) is 5.14. The van der Waals surface area contributed by atoms with Crippen LogP contribution in [0.2, 0.25) is 0 Å². The molecule has 1 fully saturated rings. The predicted octanol–water partition coefficient (Wildman–Crippen LogP) is 2.88. The fourth-order valence-electron chi connectivity index (χ4n) is 2.60. The molecule has 0 amide bonds. The van der Waals surface area contributed by atoms with Gasteiger partial charge in [0.25, 0.3) is 0 Å². The van der Waals surface area contributed by atoms with Crippen LogP contribution in [0.3, 0.4) is 0 Å². The Bertz CT molecular complexity index is 358. The maximum atomic E-state index is 6.03. The first-order valence-electron chi connectivity index (χ1n) is 6.56. The van der Waals surface area contributed by atoms with E-state index >= 15 is 0 Å². The van der Waals surface area contributed by atoms with Crippen molar-refractivity contribution in [1.29, 1.82) is 0 Å². The Kier molecular flexibility index (Phi) is 4.19. The molecule has 1 N–H and O–H groups in total. The molecule has 2 rings (SSSR count). The molecule has 2 heteroatoms. The summed E-state index contributed by atoms with van der Waals surface area (Å²) in [6.07, 6.45) is 2.73. The lowest BCUT2D eigenvalue weighted by molar-refractivity contribution is 0.0208. The first-order valence-corrected chi connectivity index (χ1v) is 6.56. The average molecular weight is 233 g/mol. The maximum absolute atomic E-state index is 6.03.